The van der Waals surface area contributed by atoms with Crippen molar-refractivity contribution in [2.45, 2.75) is 37.5 Å². The highest BCUT2D eigenvalue weighted by Gasteiger charge is 2.34. The van der Waals surface area contributed by atoms with Gasteiger partial charge in [0.1, 0.15) is 5.75 Å². The standard InChI is InChI=1S/C17H28N2OS/c1-4-16-12-19(9-10-21-16)17(2,13-18)11-14-5-7-15(20-3)8-6-14/h5-8,16H,4,9-13,18H2,1-3H3. The quantitative estimate of drug-likeness (QED) is 0.877. The van der Waals surface area contributed by atoms with Crippen molar-refractivity contribution in [3.63, 3.8) is 0 Å². The lowest BCUT2D eigenvalue weighted by Crippen LogP contribution is -2.57. The van der Waals surface area contributed by atoms with Crippen molar-refractivity contribution in [1.29, 1.82) is 0 Å². The highest BCUT2D eigenvalue weighted by molar-refractivity contribution is 8.00. The van der Waals surface area contributed by atoms with Gasteiger partial charge in [0.25, 0.3) is 0 Å². The Balaban J connectivity index is 2.08. The minimum absolute atomic E-state index is 0.0446. The molecule has 0 aliphatic carbocycles. The lowest BCUT2D eigenvalue weighted by atomic mass is 9.90. The topological polar surface area (TPSA) is 38.5 Å². The molecule has 1 heterocycles. The van der Waals surface area contributed by atoms with Gasteiger partial charge in [-0.05, 0) is 37.5 Å². The van der Waals surface area contributed by atoms with Crippen LogP contribution in [0.5, 0.6) is 5.75 Å². The van der Waals surface area contributed by atoms with Crippen molar-refractivity contribution >= 4 is 11.8 Å². The summed E-state index contributed by atoms with van der Waals surface area (Å²) in [4.78, 5) is 2.60. The van der Waals surface area contributed by atoms with Crippen molar-refractivity contribution < 1.29 is 4.74 Å². The first kappa shape index (κ1) is 16.7. The Hall–Kier alpha value is -0.710. The number of thioether (sulfide) groups is 1. The fourth-order valence-corrected chi connectivity index (χ4v) is 4.13. The number of ether oxygens (including phenoxy) is 1. The van der Waals surface area contributed by atoms with Gasteiger partial charge >= 0.3 is 0 Å². The number of hydrogen-bond acceptors (Lipinski definition) is 4. The Morgan fingerprint density at radius 2 is 2.10 bits per heavy atom. The molecule has 1 aliphatic rings. The normalized spacial score (nSPS) is 22.8. The van der Waals surface area contributed by atoms with Crippen LogP contribution in [-0.4, -0.2) is 48.2 Å². The van der Waals surface area contributed by atoms with E-state index in [0.29, 0.717) is 6.54 Å². The molecule has 1 aromatic rings. The summed E-state index contributed by atoms with van der Waals surface area (Å²) in [6.07, 6.45) is 2.24. The van der Waals surface area contributed by atoms with E-state index in [4.69, 9.17) is 10.5 Å². The maximum Gasteiger partial charge on any atom is 0.118 e. The summed E-state index contributed by atoms with van der Waals surface area (Å²) in [6, 6.07) is 8.38. The van der Waals surface area contributed by atoms with Crippen LogP contribution in [0.2, 0.25) is 0 Å². The predicted octanol–water partition coefficient (Wildman–Crippen LogP) is 2.78. The van der Waals surface area contributed by atoms with Gasteiger partial charge in [0, 0.05) is 36.2 Å². The van der Waals surface area contributed by atoms with E-state index in [1.807, 2.05) is 12.1 Å². The summed E-state index contributed by atoms with van der Waals surface area (Å²) in [5.41, 5.74) is 7.53. The van der Waals surface area contributed by atoms with Gasteiger partial charge in [-0.3, -0.25) is 4.90 Å². The molecule has 1 saturated heterocycles. The zero-order valence-corrected chi connectivity index (χ0v) is 14.3. The lowest BCUT2D eigenvalue weighted by molar-refractivity contribution is 0.114. The average molecular weight is 308 g/mol. The summed E-state index contributed by atoms with van der Waals surface area (Å²) in [5.74, 6) is 2.13. The summed E-state index contributed by atoms with van der Waals surface area (Å²) < 4.78 is 5.23. The molecule has 1 aliphatic heterocycles. The van der Waals surface area contributed by atoms with Crippen LogP contribution in [0.4, 0.5) is 0 Å². The van der Waals surface area contributed by atoms with Crippen LogP contribution in [-0.2, 0) is 6.42 Å². The second-order valence-electron chi connectivity index (χ2n) is 6.07. The number of rotatable bonds is 6. The zero-order valence-electron chi connectivity index (χ0n) is 13.5. The predicted molar refractivity (Wildman–Crippen MR) is 92.3 cm³/mol. The number of hydrogen-bond donors (Lipinski definition) is 1. The van der Waals surface area contributed by atoms with Gasteiger partial charge < -0.3 is 10.5 Å². The van der Waals surface area contributed by atoms with Crippen LogP contribution in [0.15, 0.2) is 24.3 Å². The number of benzene rings is 1. The minimum Gasteiger partial charge on any atom is -0.497 e. The SMILES string of the molecule is CCC1CN(C(C)(CN)Cc2ccc(OC)cc2)CCS1. The molecular formula is C17H28N2OS. The molecule has 1 aromatic carbocycles. The molecular weight excluding hydrogens is 280 g/mol. The van der Waals surface area contributed by atoms with E-state index in [9.17, 15) is 0 Å². The fraction of sp³-hybridized carbons (Fsp3) is 0.647. The van der Waals surface area contributed by atoms with Crippen LogP contribution < -0.4 is 10.5 Å². The first-order valence-corrected chi connectivity index (χ1v) is 8.86. The summed E-state index contributed by atoms with van der Waals surface area (Å²) in [6.45, 7) is 7.58. The first-order valence-electron chi connectivity index (χ1n) is 7.81. The molecule has 0 bridgehead atoms. The average Bonchev–Trinajstić information content (AvgIpc) is 2.55. The minimum atomic E-state index is 0.0446. The van der Waals surface area contributed by atoms with Gasteiger partial charge in [0.2, 0.25) is 0 Å². The van der Waals surface area contributed by atoms with Gasteiger partial charge in [-0.2, -0.15) is 11.8 Å². The lowest BCUT2D eigenvalue weighted by Gasteiger charge is -2.45. The number of nitrogens with two attached hydrogens (primary N) is 1. The maximum atomic E-state index is 6.16. The van der Waals surface area contributed by atoms with E-state index < -0.39 is 0 Å². The summed E-state index contributed by atoms with van der Waals surface area (Å²) in [5, 5.41) is 0.750. The Bertz CT molecular complexity index is 437. The molecule has 1 fully saturated rings. The smallest absolute Gasteiger partial charge is 0.118 e. The highest BCUT2D eigenvalue weighted by Crippen LogP contribution is 2.29. The second kappa shape index (κ2) is 7.52. The van der Waals surface area contributed by atoms with Gasteiger partial charge in [-0.25, -0.2) is 0 Å². The van der Waals surface area contributed by atoms with Gasteiger partial charge in [-0.15, -0.1) is 0 Å². The Labute approximate surface area is 133 Å². The molecule has 2 N–H and O–H groups in total. The molecule has 21 heavy (non-hydrogen) atoms. The van der Waals surface area contributed by atoms with Crippen molar-refractivity contribution in [2.24, 2.45) is 5.73 Å². The van der Waals surface area contributed by atoms with Crippen LogP contribution in [0.1, 0.15) is 25.8 Å². The van der Waals surface area contributed by atoms with Gasteiger partial charge in [0.05, 0.1) is 7.11 Å². The van der Waals surface area contributed by atoms with Crippen LogP contribution in [0.3, 0.4) is 0 Å². The zero-order chi connectivity index (χ0) is 15.3. The van der Waals surface area contributed by atoms with Crippen LogP contribution in [0.25, 0.3) is 0 Å². The summed E-state index contributed by atoms with van der Waals surface area (Å²) >= 11 is 2.11. The molecule has 0 saturated carbocycles. The van der Waals surface area contributed by atoms with Crippen molar-refractivity contribution in [1.82, 2.24) is 4.90 Å². The molecule has 2 rings (SSSR count). The third-order valence-corrected chi connectivity index (χ3v) is 5.91. The molecule has 3 nitrogen and oxygen atoms in total. The van der Waals surface area contributed by atoms with Gasteiger partial charge in [0.15, 0.2) is 0 Å². The molecule has 118 valence electrons. The van der Waals surface area contributed by atoms with Crippen molar-refractivity contribution in [2.75, 3.05) is 32.5 Å². The third kappa shape index (κ3) is 4.15. The van der Waals surface area contributed by atoms with E-state index in [1.54, 1.807) is 7.11 Å². The van der Waals surface area contributed by atoms with Crippen LogP contribution in [0, 0.1) is 0 Å². The molecule has 2 atom stereocenters. The van der Waals surface area contributed by atoms with E-state index in [-0.39, 0.29) is 5.54 Å². The van der Waals surface area contributed by atoms with Crippen LogP contribution >= 0.6 is 11.8 Å². The number of nitrogens with zero attached hydrogens (tertiary/aromatic N) is 1. The molecule has 0 radical (unpaired) electrons. The molecule has 2 unspecified atom stereocenters. The van der Waals surface area contributed by atoms with Gasteiger partial charge in [-0.1, -0.05) is 19.1 Å². The van der Waals surface area contributed by atoms with Crippen molar-refractivity contribution in [3.8, 4) is 5.75 Å². The Kier molecular flexibility index (Phi) is 5.97. The third-order valence-electron chi connectivity index (χ3n) is 4.54. The summed E-state index contributed by atoms with van der Waals surface area (Å²) in [7, 11) is 1.70. The Morgan fingerprint density at radius 3 is 2.67 bits per heavy atom. The fourth-order valence-electron chi connectivity index (χ4n) is 2.95. The van der Waals surface area contributed by atoms with E-state index in [0.717, 1.165) is 30.5 Å². The molecule has 0 amide bonds. The second-order valence-corrected chi connectivity index (χ2v) is 7.48. The number of methoxy groups -OCH3 is 1. The van der Waals surface area contributed by atoms with E-state index in [1.165, 1.54) is 17.7 Å². The first-order chi connectivity index (χ1) is 10.1. The Morgan fingerprint density at radius 1 is 1.38 bits per heavy atom. The van der Waals surface area contributed by atoms with Crippen molar-refractivity contribution in [3.05, 3.63) is 29.8 Å². The molecule has 4 heteroatoms. The molecule has 0 spiro atoms. The largest absolute Gasteiger partial charge is 0.497 e. The van der Waals surface area contributed by atoms with E-state index in [2.05, 4.69) is 42.6 Å². The highest BCUT2D eigenvalue weighted by atomic mass is 32.2. The maximum absolute atomic E-state index is 6.16. The molecule has 0 aromatic heterocycles. The van der Waals surface area contributed by atoms with E-state index >= 15 is 0 Å². The monoisotopic (exact) mass is 308 g/mol.